The molecule has 0 spiro atoms. The van der Waals surface area contributed by atoms with Crippen LogP contribution in [0.15, 0.2) is 24.5 Å². The minimum Gasteiger partial charge on any atom is -0.444 e. The van der Waals surface area contributed by atoms with Crippen LogP contribution in [0.3, 0.4) is 0 Å². The van der Waals surface area contributed by atoms with Crippen LogP contribution in [-0.4, -0.2) is 23.7 Å². The van der Waals surface area contributed by atoms with Crippen LogP contribution in [0.25, 0.3) is 0 Å². The molecular formula is C13H19N3O2. The first-order valence-corrected chi connectivity index (χ1v) is 5.55. The van der Waals surface area contributed by atoms with Gasteiger partial charge in [-0.2, -0.15) is 5.26 Å². The van der Waals surface area contributed by atoms with Crippen molar-refractivity contribution < 1.29 is 9.53 Å². The van der Waals surface area contributed by atoms with E-state index >= 15 is 0 Å². The van der Waals surface area contributed by atoms with Crippen LogP contribution in [0.5, 0.6) is 0 Å². The fraction of sp³-hybridized carbons (Fsp3) is 0.462. The lowest BCUT2D eigenvalue weighted by Crippen LogP contribution is -2.30. The van der Waals surface area contributed by atoms with Crippen molar-refractivity contribution in [3.05, 3.63) is 30.1 Å². The van der Waals surface area contributed by atoms with Gasteiger partial charge in [-0.3, -0.25) is 4.98 Å². The summed E-state index contributed by atoms with van der Waals surface area (Å²) in [5.74, 6) is 0. The maximum Gasteiger partial charge on any atom is 0.407 e. The third kappa shape index (κ3) is 9.16. The van der Waals surface area contributed by atoms with E-state index in [1.165, 1.54) is 7.05 Å². The summed E-state index contributed by atoms with van der Waals surface area (Å²) in [4.78, 5) is 14.3. The van der Waals surface area contributed by atoms with E-state index in [4.69, 9.17) is 10.00 Å². The Morgan fingerprint density at radius 1 is 1.56 bits per heavy atom. The molecule has 0 aliphatic rings. The zero-order chi connectivity index (χ0) is 14.0. The van der Waals surface area contributed by atoms with Gasteiger partial charge >= 0.3 is 6.09 Å². The third-order valence-electron chi connectivity index (χ3n) is 1.61. The summed E-state index contributed by atoms with van der Waals surface area (Å²) >= 11 is 0. The maximum absolute atomic E-state index is 10.5. The zero-order valence-electron chi connectivity index (χ0n) is 11.2. The smallest absolute Gasteiger partial charge is 0.407 e. The molecule has 1 heterocycles. The van der Waals surface area contributed by atoms with E-state index < -0.39 is 0 Å². The number of alkyl carbamates (subject to hydrolysis) is 1. The molecule has 1 aromatic rings. The van der Waals surface area contributed by atoms with Crippen molar-refractivity contribution in [2.75, 3.05) is 7.05 Å². The van der Waals surface area contributed by atoms with Crippen LogP contribution >= 0.6 is 0 Å². The second-order valence-electron chi connectivity index (χ2n) is 4.45. The van der Waals surface area contributed by atoms with Crippen molar-refractivity contribution in [2.45, 2.75) is 32.8 Å². The lowest BCUT2D eigenvalue weighted by atomic mass is 10.2. The molecule has 0 aliphatic heterocycles. The topological polar surface area (TPSA) is 75.0 Å². The SMILES string of the molecule is CNC(=O)OC(C)(C)C.N#CCc1cccnc1. The number of pyridine rings is 1. The first-order valence-electron chi connectivity index (χ1n) is 5.55. The number of carbonyl (C=O) groups excluding carboxylic acids is 1. The van der Waals surface area contributed by atoms with Gasteiger partial charge in [0.1, 0.15) is 5.60 Å². The summed E-state index contributed by atoms with van der Waals surface area (Å²) in [6.07, 6.45) is 3.46. The van der Waals surface area contributed by atoms with Crippen molar-refractivity contribution in [1.82, 2.24) is 10.3 Å². The molecule has 0 radical (unpaired) electrons. The highest BCUT2D eigenvalue weighted by atomic mass is 16.6. The van der Waals surface area contributed by atoms with Crippen molar-refractivity contribution >= 4 is 6.09 Å². The molecule has 1 amide bonds. The Labute approximate surface area is 108 Å². The number of carbonyl (C=O) groups is 1. The molecule has 0 fully saturated rings. The molecule has 0 saturated heterocycles. The van der Waals surface area contributed by atoms with E-state index in [0.29, 0.717) is 6.42 Å². The number of nitrogens with zero attached hydrogens (tertiary/aromatic N) is 2. The minimum atomic E-state index is -0.389. The quantitative estimate of drug-likeness (QED) is 0.828. The highest BCUT2D eigenvalue weighted by Gasteiger charge is 2.13. The van der Waals surface area contributed by atoms with E-state index in [2.05, 4.69) is 10.3 Å². The summed E-state index contributed by atoms with van der Waals surface area (Å²) in [6, 6.07) is 5.76. The van der Waals surface area contributed by atoms with Gasteiger partial charge in [-0.05, 0) is 32.4 Å². The summed E-state index contributed by atoms with van der Waals surface area (Å²) in [6.45, 7) is 5.46. The van der Waals surface area contributed by atoms with Gasteiger partial charge in [-0.15, -0.1) is 0 Å². The Morgan fingerprint density at radius 2 is 2.22 bits per heavy atom. The van der Waals surface area contributed by atoms with Gasteiger partial charge in [0.2, 0.25) is 0 Å². The number of ether oxygens (including phenoxy) is 1. The second-order valence-corrected chi connectivity index (χ2v) is 4.45. The molecule has 0 bridgehead atoms. The van der Waals surface area contributed by atoms with Crippen LogP contribution in [0.2, 0.25) is 0 Å². The van der Waals surface area contributed by atoms with Crippen LogP contribution in [0.4, 0.5) is 4.79 Å². The molecular weight excluding hydrogens is 230 g/mol. The normalized spacial score (nSPS) is 9.50. The van der Waals surface area contributed by atoms with Crippen molar-refractivity contribution in [2.24, 2.45) is 0 Å². The Bertz CT molecular complexity index is 391. The zero-order valence-corrected chi connectivity index (χ0v) is 11.2. The van der Waals surface area contributed by atoms with Crippen molar-refractivity contribution in [3.8, 4) is 6.07 Å². The molecule has 1 aromatic heterocycles. The Hall–Kier alpha value is -2.09. The fourth-order valence-electron chi connectivity index (χ4n) is 0.923. The van der Waals surface area contributed by atoms with Gasteiger partial charge in [-0.25, -0.2) is 4.79 Å². The second kappa shape index (κ2) is 8.07. The fourth-order valence-corrected chi connectivity index (χ4v) is 0.923. The molecule has 1 rings (SSSR count). The van der Waals surface area contributed by atoms with Crippen molar-refractivity contribution in [1.29, 1.82) is 5.26 Å². The molecule has 0 aliphatic carbocycles. The first-order chi connectivity index (χ1) is 8.39. The van der Waals surface area contributed by atoms with E-state index in [1.807, 2.05) is 39.0 Å². The standard InChI is InChI=1S/C7H6N2.C6H13NO2/c8-4-3-7-2-1-5-9-6-7;1-6(2,3)9-5(8)7-4/h1-2,5-6H,3H2;1-4H3,(H,7,8). The van der Waals surface area contributed by atoms with E-state index in [9.17, 15) is 4.79 Å². The maximum atomic E-state index is 10.5. The number of rotatable bonds is 1. The Morgan fingerprint density at radius 3 is 2.56 bits per heavy atom. The number of hydrogen-bond donors (Lipinski definition) is 1. The van der Waals surface area contributed by atoms with E-state index in [-0.39, 0.29) is 11.7 Å². The Kier molecular flexibility index (Phi) is 7.13. The lowest BCUT2D eigenvalue weighted by molar-refractivity contribution is 0.0541. The first kappa shape index (κ1) is 15.9. The molecule has 5 heteroatoms. The summed E-state index contributed by atoms with van der Waals surface area (Å²) < 4.78 is 4.84. The predicted molar refractivity (Wildman–Crippen MR) is 68.8 cm³/mol. The molecule has 98 valence electrons. The van der Waals surface area contributed by atoms with E-state index in [1.54, 1.807) is 12.4 Å². The van der Waals surface area contributed by atoms with E-state index in [0.717, 1.165) is 5.56 Å². The van der Waals surface area contributed by atoms with Gasteiger partial charge in [0.05, 0.1) is 12.5 Å². The molecule has 0 saturated carbocycles. The monoisotopic (exact) mass is 249 g/mol. The third-order valence-corrected chi connectivity index (χ3v) is 1.61. The van der Waals surface area contributed by atoms with Gasteiger partial charge in [0.15, 0.2) is 0 Å². The summed E-state index contributed by atoms with van der Waals surface area (Å²) in [5, 5.41) is 10.6. The Balaban J connectivity index is 0.000000321. The minimum absolute atomic E-state index is 0.387. The largest absolute Gasteiger partial charge is 0.444 e. The molecule has 0 aromatic carbocycles. The number of hydrogen-bond acceptors (Lipinski definition) is 4. The van der Waals surface area contributed by atoms with Crippen LogP contribution in [0, 0.1) is 11.3 Å². The molecule has 0 atom stereocenters. The molecule has 18 heavy (non-hydrogen) atoms. The van der Waals surface area contributed by atoms with Crippen LogP contribution in [-0.2, 0) is 11.2 Å². The number of nitrogens with one attached hydrogen (secondary N) is 1. The summed E-state index contributed by atoms with van der Waals surface area (Å²) in [5.41, 5.74) is 0.583. The van der Waals surface area contributed by atoms with Gasteiger partial charge in [-0.1, -0.05) is 6.07 Å². The number of amides is 1. The molecule has 1 N–H and O–H groups in total. The van der Waals surface area contributed by atoms with Crippen LogP contribution in [0.1, 0.15) is 26.3 Å². The van der Waals surface area contributed by atoms with Gasteiger partial charge < -0.3 is 10.1 Å². The molecule has 5 nitrogen and oxygen atoms in total. The predicted octanol–water partition coefficient (Wildman–Crippen LogP) is 2.29. The lowest BCUT2D eigenvalue weighted by Gasteiger charge is -2.18. The van der Waals surface area contributed by atoms with Gasteiger partial charge in [0.25, 0.3) is 0 Å². The van der Waals surface area contributed by atoms with Crippen molar-refractivity contribution in [3.63, 3.8) is 0 Å². The molecule has 0 unspecified atom stereocenters. The van der Waals surface area contributed by atoms with Gasteiger partial charge in [0, 0.05) is 19.4 Å². The average Bonchev–Trinajstić information content (AvgIpc) is 2.29. The summed E-state index contributed by atoms with van der Waals surface area (Å²) in [7, 11) is 1.54. The highest BCUT2D eigenvalue weighted by Crippen LogP contribution is 2.05. The number of aromatic nitrogens is 1. The van der Waals surface area contributed by atoms with Crippen LogP contribution < -0.4 is 5.32 Å². The average molecular weight is 249 g/mol. The number of nitriles is 1. The highest BCUT2D eigenvalue weighted by molar-refractivity contribution is 5.67.